The molecule has 0 N–H and O–H groups in total. The van der Waals surface area contributed by atoms with Crippen LogP contribution in [0.2, 0.25) is 0 Å². The highest BCUT2D eigenvalue weighted by Gasteiger charge is 2.27. The van der Waals surface area contributed by atoms with Crippen LogP contribution < -0.4 is 4.31 Å². The van der Waals surface area contributed by atoms with Crippen LogP contribution in [0.1, 0.15) is 30.9 Å². The third-order valence-corrected chi connectivity index (χ3v) is 7.22. The first-order valence-corrected chi connectivity index (χ1v) is 12.3. The van der Waals surface area contributed by atoms with E-state index in [0.29, 0.717) is 11.6 Å². The van der Waals surface area contributed by atoms with E-state index >= 15 is 0 Å². The Morgan fingerprint density at radius 1 is 1.12 bits per heavy atom. The van der Waals surface area contributed by atoms with Crippen molar-refractivity contribution in [1.29, 1.82) is 0 Å². The van der Waals surface area contributed by atoms with Gasteiger partial charge in [-0.2, -0.15) is 10.2 Å². The van der Waals surface area contributed by atoms with Crippen molar-refractivity contribution in [2.45, 2.75) is 32.7 Å². The summed E-state index contributed by atoms with van der Waals surface area (Å²) in [5.74, 6) is 1.68. The van der Waals surface area contributed by atoms with Crippen LogP contribution in [0.25, 0.3) is 0 Å². The largest absolute Gasteiger partial charge is 0.312 e. The maximum Gasteiger partial charge on any atom is 0.278 e. The quantitative estimate of drug-likeness (QED) is 0.297. The van der Waals surface area contributed by atoms with E-state index in [1.165, 1.54) is 11.3 Å². The molecule has 4 rings (SSSR count). The number of hydrogen-bond donors (Lipinski definition) is 0. The Kier molecular flexibility index (Phi) is 7.93. The first-order valence-electron chi connectivity index (χ1n) is 11.4. The normalized spacial score (nSPS) is 16.5. The summed E-state index contributed by atoms with van der Waals surface area (Å²) in [6, 6.07) is 18.4. The molecular weight excluding hydrogens is 438 g/mol. The lowest BCUT2D eigenvalue weighted by Gasteiger charge is -2.40. The summed E-state index contributed by atoms with van der Waals surface area (Å²) in [6.07, 6.45) is -1.36. The third kappa shape index (κ3) is 6.09. The molecular formula is C26H30F2N4S. The molecule has 2 aromatic rings. The summed E-state index contributed by atoms with van der Waals surface area (Å²) < 4.78 is 28.0. The molecule has 0 unspecified atom stereocenters. The lowest BCUT2D eigenvalue weighted by atomic mass is 9.91. The molecule has 0 atom stereocenters. The van der Waals surface area contributed by atoms with Crippen molar-refractivity contribution in [3.05, 3.63) is 77.9 Å². The van der Waals surface area contributed by atoms with Crippen LogP contribution in [0.15, 0.2) is 77.0 Å². The standard InChI is InChI=1S/C26H30F2N4S/c1-3-19(2)22-17-31(18-22)13-14-33-32(23-7-5-4-6-8-23)16-20-9-11-21(12-10-20)24-15-25(26(27)28)30-29-24/h4-12,22,26H,2-3,13-18H2,1H3. The molecule has 4 nitrogen and oxygen atoms in total. The van der Waals surface area contributed by atoms with Gasteiger partial charge in [0.15, 0.2) is 0 Å². The lowest BCUT2D eigenvalue weighted by Crippen LogP contribution is -2.48. The number of rotatable bonds is 11. The molecule has 2 aliphatic rings. The van der Waals surface area contributed by atoms with E-state index in [4.69, 9.17) is 0 Å². The van der Waals surface area contributed by atoms with Crippen LogP contribution in [0.5, 0.6) is 0 Å². The van der Waals surface area contributed by atoms with Gasteiger partial charge in [-0.25, -0.2) is 8.78 Å². The Bertz CT molecular complexity index is 999. The van der Waals surface area contributed by atoms with Gasteiger partial charge in [0.2, 0.25) is 0 Å². The van der Waals surface area contributed by atoms with Crippen molar-refractivity contribution in [2.75, 3.05) is 29.7 Å². The van der Waals surface area contributed by atoms with E-state index in [9.17, 15) is 8.78 Å². The second-order valence-corrected chi connectivity index (χ2v) is 9.59. The van der Waals surface area contributed by atoms with E-state index < -0.39 is 6.43 Å². The zero-order valence-electron chi connectivity index (χ0n) is 19.0. The Morgan fingerprint density at radius 2 is 1.85 bits per heavy atom. The minimum atomic E-state index is -2.55. The second kappa shape index (κ2) is 11.1. The van der Waals surface area contributed by atoms with Crippen LogP contribution in [-0.4, -0.2) is 48.1 Å². The molecule has 0 spiro atoms. The van der Waals surface area contributed by atoms with Gasteiger partial charge >= 0.3 is 0 Å². The van der Waals surface area contributed by atoms with Crippen molar-refractivity contribution in [3.8, 4) is 0 Å². The number of para-hydroxylation sites is 1. The fourth-order valence-electron chi connectivity index (χ4n) is 4.00. The number of nitrogens with zero attached hydrogens (tertiary/aromatic N) is 4. The van der Waals surface area contributed by atoms with Gasteiger partial charge in [-0.15, -0.1) is 0 Å². The predicted molar refractivity (Wildman–Crippen MR) is 135 cm³/mol. The average Bonchev–Trinajstić information content (AvgIpc) is 3.31. The molecule has 0 radical (unpaired) electrons. The van der Waals surface area contributed by atoms with E-state index in [1.54, 1.807) is 0 Å². The van der Waals surface area contributed by atoms with Crippen LogP contribution >= 0.6 is 11.9 Å². The van der Waals surface area contributed by atoms with E-state index in [2.05, 4.69) is 57.2 Å². The summed E-state index contributed by atoms with van der Waals surface area (Å²) in [5.41, 5.74) is 4.99. The van der Waals surface area contributed by atoms with Gasteiger partial charge in [0.1, 0.15) is 5.71 Å². The van der Waals surface area contributed by atoms with Gasteiger partial charge in [0.25, 0.3) is 6.43 Å². The number of halogens is 2. The molecule has 33 heavy (non-hydrogen) atoms. The van der Waals surface area contributed by atoms with Crippen molar-refractivity contribution < 1.29 is 8.78 Å². The fourth-order valence-corrected chi connectivity index (χ4v) is 5.07. The summed E-state index contributed by atoms with van der Waals surface area (Å²) in [5, 5.41) is 7.56. The molecule has 0 amide bonds. The Balaban J connectivity index is 1.33. The van der Waals surface area contributed by atoms with E-state index in [-0.39, 0.29) is 12.1 Å². The summed E-state index contributed by atoms with van der Waals surface area (Å²) in [7, 11) is 0. The van der Waals surface area contributed by atoms with Gasteiger partial charge in [-0.3, -0.25) is 0 Å². The number of likely N-dealkylation sites (tertiary alicyclic amines) is 1. The average molecular weight is 469 g/mol. The second-order valence-electron chi connectivity index (χ2n) is 8.49. The fraction of sp³-hybridized carbons (Fsp3) is 0.385. The van der Waals surface area contributed by atoms with Gasteiger partial charge in [0.05, 0.1) is 12.3 Å². The van der Waals surface area contributed by atoms with Gasteiger partial charge in [-0.05, 0) is 41.6 Å². The van der Waals surface area contributed by atoms with Crippen LogP contribution in [0.4, 0.5) is 14.5 Å². The van der Waals surface area contributed by atoms with E-state index in [0.717, 1.165) is 49.5 Å². The maximum absolute atomic E-state index is 12.8. The van der Waals surface area contributed by atoms with E-state index in [1.807, 2.05) is 42.3 Å². The summed E-state index contributed by atoms with van der Waals surface area (Å²) in [6.45, 7) is 10.4. The molecule has 0 aromatic heterocycles. The third-order valence-electron chi connectivity index (χ3n) is 6.20. The smallest absolute Gasteiger partial charge is 0.278 e. The van der Waals surface area contributed by atoms with Crippen molar-refractivity contribution in [2.24, 2.45) is 16.1 Å². The minimum absolute atomic E-state index is 0.117. The topological polar surface area (TPSA) is 31.2 Å². The van der Waals surface area contributed by atoms with Crippen LogP contribution in [0.3, 0.4) is 0 Å². The maximum atomic E-state index is 12.8. The first kappa shape index (κ1) is 23.6. The highest BCUT2D eigenvalue weighted by Crippen LogP contribution is 2.28. The van der Waals surface area contributed by atoms with Gasteiger partial charge < -0.3 is 9.21 Å². The molecule has 0 saturated carbocycles. The Hall–Kier alpha value is -2.51. The number of benzene rings is 2. The van der Waals surface area contributed by atoms with Gasteiger partial charge in [-0.1, -0.05) is 61.5 Å². The lowest BCUT2D eigenvalue weighted by molar-refractivity contribution is 0.131. The van der Waals surface area contributed by atoms with Gasteiger partial charge in [0, 0.05) is 43.4 Å². The van der Waals surface area contributed by atoms with Crippen molar-refractivity contribution >= 4 is 29.1 Å². The zero-order chi connectivity index (χ0) is 23.2. The molecule has 1 saturated heterocycles. The SMILES string of the molecule is C=C(CC)C1CN(CCSN(Cc2ccc(C3=NN=C(C(F)F)C3)cc2)c2ccccc2)C1. The van der Waals surface area contributed by atoms with Crippen molar-refractivity contribution in [1.82, 2.24) is 4.90 Å². The zero-order valence-corrected chi connectivity index (χ0v) is 19.8. The molecule has 2 aliphatic heterocycles. The Labute approximate surface area is 199 Å². The summed E-state index contributed by atoms with van der Waals surface area (Å²) >= 11 is 1.84. The summed E-state index contributed by atoms with van der Waals surface area (Å²) in [4.78, 5) is 2.49. The van der Waals surface area contributed by atoms with Crippen LogP contribution in [0, 0.1) is 5.92 Å². The molecule has 174 valence electrons. The van der Waals surface area contributed by atoms with Crippen LogP contribution in [-0.2, 0) is 6.54 Å². The highest BCUT2D eigenvalue weighted by molar-refractivity contribution is 8.00. The molecule has 2 heterocycles. The van der Waals surface area contributed by atoms with Crippen molar-refractivity contribution in [3.63, 3.8) is 0 Å². The number of alkyl halides is 2. The minimum Gasteiger partial charge on any atom is -0.312 e. The highest BCUT2D eigenvalue weighted by atomic mass is 32.2. The monoisotopic (exact) mass is 468 g/mol. The number of hydrogen-bond acceptors (Lipinski definition) is 5. The predicted octanol–water partition coefficient (Wildman–Crippen LogP) is 6.05. The molecule has 2 aromatic carbocycles. The molecule has 0 aliphatic carbocycles. The Morgan fingerprint density at radius 3 is 2.48 bits per heavy atom. The number of anilines is 1. The molecule has 7 heteroatoms. The first-order chi connectivity index (χ1) is 16.0. The molecule has 1 fully saturated rings. The molecule has 0 bridgehead atoms.